The fourth-order valence-corrected chi connectivity index (χ4v) is 2.82. The number of nitrogens with one attached hydrogen (secondary N) is 2. The molecule has 2 aromatic rings. The summed E-state index contributed by atoms with van der Waals surface area (Å²) in [6.07, 6.45) is 3.53. The second-order valence-corrected chi connectivity index (χ2v) is 7.21. The van der Waals surface area contributed by atoms with E-state index in [9.17, 15) is 8.42 Å². The van der Waals surface area contributed by atoms with E-state index in [0.29, 0.717) is 11.6 Å². The van der Waals surface area contributed by atoms with Crippen LogP contribution >= 0.6 is 22.6 Å². The number of halogens is 1. The van der Waals surface area contributed by atoms with Crippen LogP contribution in [0.5, 0.6) is 0 Å². The zero-order chi connectivity index (χ0) is 15.3. The zero-order valence-electron chi connectivity index (χ0n) is 11.4. The summed E-state index contributed by atoms with van der Waals surface area (Å²) >= 11 is 2.16. The van der Waals surface area contributed by atoms with Gasteiger partial charge in [0.15, 0.2) is 0 Å². The summed E-state index contributed by atoms with van der Waals surface area (Å²) in [5.41, 5.74) is 0.503. The summed E-state index contributed by atoms with van der Waals surface area (Å²) < 4.78 is 27.9. The van der Waals surface area contributed by atoms with E-state index in [-0.39, 0.29) is 4.90 Å². The van der Waals surface area contributed by atoms with Gasteiger partial charge in [0.05, 0.1) is 12.4 Å². The number of benzene rings is 1. The molecule has 1 aromatic heterocycles. The normalized spacial score (nSPS) is 11.1. The molecule has 21 heavy (non-hydrogen) atoms. The Balaban J connectivity index is 2.13. The second kappa shape index (κ2) is 7.03. The minimum Gasteiger partial charge on any atom is -0.354 e. The van der Waals surface area contributed by atoms with E-state index in [1.165, 1.54) is 12.4 Å². The van der Waals surface area contributed by atoms with Gasteiger partial charge in [-0.15, -0.1) is 0 Å². The molecule has 0 saturated heterocycles. The highest BCUT2D eigenvalue weighted by Gasteiger charge is 2.15. The molecule has 6 nitrogen and oxygen atoms in total. The molecule has 2 N–H and O–H groups in total. The first-order valence-corrected chi connectivity index (χ1v) is 8.92. The first-order valence-electron chi connectivity index (χ1n) is 6.35. The number of rotatable bonds is 6. The lowest BCUT2D eigenvalue weighted by Gasteiger charge is -2.08. The van der Waals surface area contributed by atoms with Gasteiger partial charge >= 0.3 is 0 Å². The predicted octanol–water partition coefficient (Wildman–Crippen LogP) is 2.70. The number of aromatic nitrogens is 2. The van der Waals surface area contributed by atoms with Crippen LogP contribution < -0.4 is 10.0 Å². The fraction of sp³-hybridized carbons (Fsp3) is 0.231. The first-order chi connectivity index (χ1) is 10.0. The van der Waals surface area contributed by atoms with Gasteiger partial charge in [-0.25, -0.2) is 18.4 Å². The molecule has 0 aliphatic heterocycles. The number of hydrogen-bond acceptors (Lipinski definition) is 5. The van der Waals surface area contributed by atoms with E-state index in [4.69, 9.17) is 0 Å². The van der Waals surface area contributed by atoms with Gasteiger partial charge in [0.1, 0.15) is 4.90 Å². The summed E-state index contributed by atoms with van der Waals surface area (Å²) in [6.45, 7) is 2.77. The molecule has 0 aliphatic rings. The number of anilines is 2. The first kappa shape index (κ1) is 16.0. The summed E-state index contributed by atoms with van der Waals surface area (Å²) in [5, 5.41) is 2.99. The summed E-state index contributed by atoms with van der Waals surface area (Å²) in [4.78, 5) is 8.02. The zero-order valence-corrected chi connectivity index (χ0v) is 14.3. The fourth-order valence-electron chi connectivity index (χ4n) is 1.52. The predicted molar refractivity (Wildman–Crippen MR) is 90.8 cm³/mol. The highest BCUT2D eigenvalue weighted by Crippen LogP contribution is 2.16. The Morgan fingerprint density at radius 2 is 1.76 bits per heavy atom. The van der Waals surface area contributed by atoms with Crippen molar-refractivity contribution in [2.75, 3.05) is 16.6 Å². The largest absolute Gasteiger partial charge is 0.354 e. The van der Waals surface area contributed by atoms with Gasteiger partial charge < -0.3 is 5.32 Å². The van der Waals surface area contributed by atoms with Crippen LogP contribution in [0.25, 0.3) is 0 Å². The van der Waals surface area contributed by atoms with Crippen molar-refractivity contribution in [1.29, 1.82) is 0 Å². The molecular formula is C13H15IN4O2S. The summed E-state index contributed by atoms with van der Waals surface area (Å²) in [5.74, 6) is 0.421. The quantitative estimate of drug-likeness (QED) is 0.705. The van der Waals surface area contributed by atoms with Gasteiger partial charge in [0, 0.05) is 15.8 Å². The highest BCUT2D eigenvalue weighted by atomic mass is 127. The third kappa shape index (κ3) is 4.53. The van der Waals surface area contributed by atoms with Crippen molar-refractivity contribution < 1.29 is 8.42 Å². The lowest BCUT2D eigenvalue weighted by atomic mass is 10.3. The number of sulfonamides is 1. The lowest BCUT2D eigenvalue weighted by molar-refractivity contribution is 0.600. The minimum atomic E-state index is -3.67. The third-order valence-electron chi connectivity index (χ3n) is 2.57. The smallest absolute Gasteiger partial charge is 0.264 e. The molecule has 0 unspecified atom stereocenters. The standard InChI is InChI=1S/C13H15IN4O2S/c1-2-7-15-13-16-8-12(9-17-13)21(19,20)18-11-5-3-10(14)4-6-11/h3-6,8-9,18H,2,7H2,1H3,(H,15,16,17). The Bertz CT molecular complexity index is 687. The van der Waals surface area contributed by atoms with Crippen molar-refractivity contribution in [1.82, 2.24) is 9.97 Å². The molecule has 0 spiro atoms. The average Bonchev–Trinajstić information content (AvgIpc) is 2.48. The third-order valence-corrected chi connectivity index (χ3v) is 4.62. The van der Waals surface area contributed by atoms with E-state index >= 15 is 0 Å². The summed E-state index contributed by atoms with van der Waals surface area (Å²) in [6, 6.07) is 7.06. The Morgan fingerprint density at radius 1 is 1.14 bits per heavy atom. The molecule has 0 atom stereocenters. The molecule has 1 aromatic carbocycles. The van der Waals surface area contributed by atoms with E-state index in [0.717, 1.165) is 16.5 Å². The molecule has 0 amide bonds. The van der Waals surface area contributed by atoms with Crippen molar-refractivity contribution in [3.63, 3.8) is 0 Å². The Labute approximate surface area is 137 Å². The molecule has 0 aliphatic carbocycles. The molecule has 0 fully saturated rings. The highest BCUT2D eigenvalue weighted by molar-refractivity contribution is 14.1. The molecule has 2 rings (SSSR count). The van der Waals surface area contributed by atoms with Crippen LogP contribution in [0.4, 0.5) is 11.6 Å². The van der Waals surface area contributed by atoms with Crippen molar-refractivity contribution >= 4 is 44.2 Å². The van der Waals surface area contributed by atoms with E-state index < -0.39 is 10.0 Å². The van der Waals surface area contributed by atoms with E-state index in [2.05, 4.69) is 42.6 Å². The van der Waals surface area contributed by atoms with Crippen LogP contribution in [0.15, 0.2) is 41.6 Å². The molecule has 112 valence electrons. The van der Waals surface area contributed by atoms with Gasteiger partial charge in [-0.1, -0.05) is 6.92 Å². The maximum Gasteiger partial charge on any atom is 0.264 e. The van der Waals surface area contributed by atoms with Crippen molar-refractivity contribution in [2.24, 2.45) is 0 Å². The van der Waals surface area contributed by atoms with Crippen LogP contribution in [0, 0.1) is 3.57 Å². The van der Waals surface area contributed by atoms with Crippen molar-refractivity contribution in [3.05, 3.63) is 40.2 Å². The monoisotopic (exact) mass is 418 g/mol. The van der Waals surface area contributed by atoms with E-state index in [1.807, 2.05) is 19.1 Å². The van der Waals surface area contributed by atoms with Crippen molar-refractivity contribution in [3.8, 4) is 0 Å². The Kier molecular flexibility index (Phi) is 5.34. The Morgan fingerprint density at radius 3 is 2.33 bits per heavy atom. The van der Waals surface area contributed by atoms with Crippen molar-refractivity contribution in [2.45, 2.75) is 18.2 Å². The number of hydrogen-bond donors (Lipinski definition) is 2. The average molecular weight is 418 g/mol. The van der Waals surface area contributed by atoms with E-state index in [1.54, 1.807) is 12.1 Å². The molecule has 0 bridgehead atoms. The van der Waals surface area contributed by atoms with Gasteiger partial charge in [-0.05, 0) is 53.3 Å². The van der Waals surface area contributed by atoms with Crippen LogP contribution in [-0.2, 0) is 10.0 Å². The van der Waals surface area contributed by atoms with Crippen LogP contribution in [-0.4, -0.2) is 24.9 Å². The number of nitrogens with zero attached hydrogens (tertiary/aromatic N) is 2. The van der Waals surface area contributed by atoms with Gasteiger partial charge in [-0.3, -0.25) is 4.72 Å². The topological polar surface area (TPSA) is 84.0 Å². The minimum absolute atomic E-state index is 0.0306. The molecule has 1 heterocycles. The molecule has 0 radical (unpaired) electrons. The maximum atomic E-state index is 12.2. The Hall–Kier alpha value is -1.42. The van der Waals surface area contributed by atoms with Crippen LogP contribution in [0.1, 0.15) is 13.3 Å². The van der Waals surface area contributed by atoms with Crippen LogP contribution in [0.2, 0.25) is 0 Å². The summed E-state index contributed by atoms with van der Waals surface area (Å²) in [7, 11) is -3.67. The van der Waals surface area contributed by atoms with Gasteiger partial charge in [-0.2, -0.15) is 0 Å². The second-order valence-electron chi connectivity index (χ2n) is 4.28. The molecular weight excluding hydrogens is 403 g/mol. The molecule has 0 saturated carbocycles. The van der Waals surface area contributed by atoms with Gasteiger partial charge in [0.25, 0.3) is 10.0 Å². The molecule has 8 heteroatoms. The van der Waals surface area contributed by atoms with Gasteiger partial charge in [0.2, 0.25) is 5.95 Å². The SMILES string of the molecule is CCCNc1ncc(S(=O)(=O)Nc2ccc(I)cc2)cn1. The maximum absolute atomic E-state index is 12.2. The van der Waals surface area contributed by atoms with Crippen LogP contribution in [0.3, 0.4) is 0 Å². The lowest BCUT2D eigenvalue weighted by Crippen LogP contribution is -2.14.